The van der Waals surface area contributed by atoms with Gasteiger partial charge in [0, 0.05) is 19.3 Å². The topological polar surface area (TPSA) is 78.9 Å². The van der Waals surface area contributed by atoms with Crippen LogP contribution >= 0.6 is 0 Å². The van der Waals surface area contributed by atoms with Crippen molar-refractivity contribution in [2.24, 2.45) is 11.8 Å². The molecule has 0 saturated carbocycles. The van der Waals surface area contributed by atoms with Crippen molar-refractivity contribution in [3.05, 3.63) is 0 Å². The van der Waals surface area contributed by atoms with Gasteiger partial charge in [0.05, 0.1) is 0 Å². The minimum Gasteiger partial charge on any atom is -0.462 e. The molecule has 0 aromatic carbocycles. The molecule has 64 heavy (non-hydrogen) atoms. The van der Waals surface area contributed by atoms with Crippen LogP contribution in [0.1, 0.15) is 324 Å². The third-order valence-electron chi connectivity index (χ3n) is 13.2. The molecule has 0 rings (SSSR count). The number of hydrogen-bond donors (Lipinski definition) is 0. The maximum atomic E-state index is 12.8. The van der Waals surface area contributed by atoms with Gasteiger partial charge in [-0.15, -0.1) is 0 Å². The normalized spacial score (nSPS) is 12.0. The standard InChI is InChI=1S/C58H112O6/c1-6-7-8-9-10-11-12-13-14-15-16-17-20-23-26-29-32-38-43-48-56(59)62-51-55(52-63-57(60)49-44-39-35-34-37-42-47-54(4)5)64-58(61)50-45-40-33-30-27-24-21-18-19-22-25-28-31-36-41-46-53(2)3/h53-55H,6-52H2,1-5H3/t55-/m1/s1. The molecule has 0 heterocycles. The highest BCUT2D eigenvalue weighted by Gasteiger charge is 2.19. The smallest absolute Gasteiger partial charge is 0.306 e. The van der Waals surface area contributed by atoms with E-state index in [9.17, 15) is 14.4 Å². The molecular formula is C58H112O6. The monoisotopic (exact) mass is 905 g/mol. The summed E-state index contributed by atoms with van der Waals surface area (Å²) >= 11 is 0. The number of ether oxygens (including phenoxy) is 3. The van der Waals surface area contributed by atoms with Crippen LogP contribution in [0.3, 0.4) is 0 Å². The minimum atomic E-state index is -0.763. The number of unbranched alkanes of at least 4 members (excludes halogenated alkanes) is 37. The molecule has 0 aliphatic carbocycles. The summed E-state index contributed by atoms with van der Waals surface area (Å²) in [6.45, 7) is 11.3. The Morgan fingerprint density at radius 3 is 0.766 bits per heavy atom. The fourth-order valence-corrected chi connectivity index (χ4v) is 8.87. The van der Waals surface area contributed by atoms with Gasteiger partial charge in [-0.3, -0.25) is 14.4 Å². The molecule has 0 radical (unpaired) electrons. The summed E-state index contributed by atoms with van der Waals surface area (Å²) in [5.74, 6) is 0.765. The van der Waals surface area contributed by atoms with E-state index in [0.29, 0.717) is 19.3 Å². The molecule has 0 fully saturated rings. The van der Waals surface area contributed by atoms with Crippen LogP contribution in [-0.2, 0) is 28.6 Å². The maximum Gasteiger partial charge on any atom is 0.306 e. The van der Waals surface area contributed by atoms with Crippen LogP contribution in [0, 0.1) is 11.8 Å². The van der Waals surface area contributed by atoms with E-state index >= 15 is 0 Å². The van der Waals surface area contributed by atoms with Gasteiger partial charge in [-0.2, -0.15) is 0 Å². The second-order valence-corrected chi connectivity index (χ2v) is 20.9. The number of carbonyl (C=O) groups excluding carboxylic acids is 3. The van der Waals surface area contributed by atoms with Crippen molar-refractivity contribution in [2.45, 2.75) is 330 Å². The Morgan fingerprint density at radius 1 is 0.297 bits per heavy atom. The molecule has 0 aliphatic rings. The summed E-state index contributed by atoms with van der Waals surface area (Å²) in [5, 5.41) is 0. The molecule has 6 nitrogen and oxygen atoms in total. The molecule has 0 aliphatic heterocycles. The first-order chi connectivity index (χ1) is 31.2. The second kappa shape index (κ2) is 50.8. The molecule has 0 aromatic heterocycles. The SMILES string of the molecule is CCCCCCCCCCCCCCCCCCCCCC(=O)OC[C@H](COC(=O)CCCCCCCCC(C)C)OC(=O)CCCCCCCCCCCCCCCCCC(C)C. The average molecular weight is 906 g/mol. The predicted octanol–water partition coefficient (Wildman–Crippen LogP) is 18.9. The molecule has 0 saturated heterocycles. The first-order valence-corrected chi connectivity index (χ1v) is 28.7. The first kappa shape index (κ1) is 62.4. The molecule has 0 amide bonds. The zero-order chi connectivity index (χ0) is 46.8. The Labute approximate surface area is 399 Å². The minimum absolute atomic E-state index is 0.0637. The second-order valence-electron chi connectivity index (χ2n) is 20.9. The lowest BCUT2D eigenvalue weighted by molar-refractivity contribution is -0.167. The van der Waals surface area contributed by atoms with Gasteiger partial charge in [0.2, 0.25) is 0 Å². The van der Waals surface area contributed by atoms with Gasteiger partial charge in [-0.05, 0) is 31.1 Å². The van der Waals surface area contributed by atoms with Crippen molar-refractivity contribution < 1.29 is 28.6 Å². The van der Waals surface area contributed by atoms with E-state index in [1.807, 2.05) is 0 Å². The fourth-order valence-electron chi connectivity index (χ4n) is 8.87. The van der Waals surface area contributed by atoms with Gasteiger partial charge in [0.1, 0.15) is 13.2 Å². The highest BCUT2D eigenvalue weighted by Crippen LogP contribution is 2.18. The third-order valence-corrected chi connectivity index (χ3v) is 13.2. The van der Waals surface area contributed by atoms with E-state index in [2.05, 4.69) is 34.6 Å². The van der Waals surface area contributed by atoms with E-state index in [1.165, 1.54) is 212 Å². The van der Waals surface area contributed by atoms with Gasteiger partial charge in [0.25, 0.3) is 0 Å². The quantitative estimate of drug-likeness (QED) is 0.0344. The van der Waals surface area contributed by atoms with E-state index in [4.69, 9.17) is 14.2 Å². The van der Waals surface area contributed by atoms with Gasteiger partial charge >= 0.3 is 17.9 Å². The molecule has 0 bridgehead atoms. The lowest BCUT2D eigenvalue weighted by Crippen LogP contribution is -2.30. The lowest BCUT2D eigenvalue weighted by atomic mass is 10.0. The molecule has 0 N–H and O–H groups in total. The number of carbonyl (C=O) groups is 3. The highest BCUT2D eigenvalue weighted by atomic mass is 16.6. The Hall–Kier alpha value is -1.59. The van der Waals surface area contributed by atoms with Crippen LogP contribution in [0.2, 0.25) is 0 Å². The van der Waals surface area contributed by atoms with Crippen molar-refractivity contribution in [2.75, 3.05) is 13.2 Å². The zero-order valence-electron chi connectivity index (χ0n) is 43.9. The largest absolute Gasteiger partial charge is 0.462 e. The summed E-state index contributed by atoms with van der Waals surface area (Å²) in [6.07, 6.45) is 54.0. The Bertz CT molecular complexity index is 978. The van der Waals surface area contributed by atoms with Crippen molar-refractivity contribution >= 4 is 17.9 Å². The molecule has 6 heteroatoms. The summed E-state index contributed by atoms with van der Waals surface area (Å²) in [4.78, 5) is 38.0. The van der Waals surface area contributed by atoms with Crippen LogP contribution < -0.4 is 0 Å². The molecular weight excluding hydrogens is 793 g/mol. The number of esters is 3. The van der Waals surface area contributed by atoms with E-state index in [-0.39, 0.29) is 31.1 Å². The van der Waals surface area contributed by atoms with Crippen molar-refractivity contribution in [3.63, 3.8) is 0 Å². The van der Waals surface area contributed by atoms with Gasteiger partial charge in [0.15, 0.2) is 6.10 Å². The lowest BCUT2D eigenvalue weighted by Gasteiger charge is -2.18. The summed E-state index contributed by atoms with van der Waals surface area (Å²) < 4.78 is 16.8. The molecule has 0 spiro atoms. The number of hydrogen-bond acceptors (Lipinski definition) is 6. The van der Waals surface area contributed by atoms with Gasteiger partial charge < -0.3 is 14.2 Å². The summed E-state index contributed by atoms with van der Waals surface area (Å²) in [5.41, 5.74) is 0. The highest BCUT2D eigenvalue weighted by molar-refractivity contribution is 5.71. The average Bonchev–Trinajstić information content (AvgIpc) is 3.27. The Kier molecular flexibility index (Phi) is 49.6. The van der Waals surface area contributed by atoms with Crippen LogP contribution in [-0.4, -0.2) is 37.2 Å². The van der Waals surface area contributed by atoms with Crippen molar-refractivity contribution in [1.29, 1.82) is 0 Å². The van der Waals surface area contributed by atoms with E-state index < -0.39 is 6.10 Å². The van der Waals surface area contributed by atoms with Crippen LogP contribution in [0.15, 0.2) is 0 Å². The van der Waals surface area contributed by atoms with Crippen molar-refractivity contribution in [1.82, 2.24) is 0 Å². The number of rotatable bonds is 52. The summed E-state index contributed by atoms with van der Waals surface area (Å²) in [6, 6.07) is 0. The summed E-state index contributed by atoms with van der Waals surface area (Å²) in [7, 11) is 0. The van der Waals surface area contributed by atoms with E-state index in [0.717, 1.165) is 69.6 Å². The third kappa shape index (κ3) is 51.4. The maximum absolute atomic E-state index is 12.8. The molecule has 380 valence electrons. The molecule has 0 unspecified atom stereocenters. The van der Waals surface area contributed by atoms with Crippen LogP contribution in [0.5, 0.6) is 0 Å². The molecule has 0 aromatic rings. The van der Waals surface area contributed by atoms with Crippen LogP contribution in [0.4, 0.5) is 0 Å². The van der Waals surface area contributed by atoms with E-state index in [1.54, 1.807) is 0 Å². The van der Waals surface area contributed by atoms with Gasteiger partial charge in [-0.1, -0.05) is 285 Å². The molecule has 1 atom stereocenters. The fraction of sp³-hybridized carbons (Fsp3) is 0.948. The Morgan fingerprint density at radius 2 is 0.516 bits per heavy atom. The zero-order valence-corrected chi connectivity index (χ0v) is 43.9. The van der Waals surface area contributed by atoms with Crippen LogP contribution in [0.25, 0.3) is 0 Å². The first-order valence-electron chi connectivity index (χ1n) is 28.7. The van der Waals surface area contributed by atoms with Crippen molar-refractivity contribution in [3.8, 4) is 0 Å². The Balaban J connectivity index is 4.21. The van der Waals surface area contributed by atoms with Gasteiger partial charge in [-0.25, -0.2) is 0 Å². The predicted molar refractivity (Wildman–Crippen MR) is 275 cm³/mol.